The van der Waals surface area contributed by atoms with Crippen molar-refractivity contribution in [2.45, 2.75) is 19.0 Å². The third-order valence-corrected chi connectivity index (χ3v) is 3.15. The van der Waals surface area contributed by atoms with Crippen molar-refractivity contribution in [1.29, 1.82) is 0 Å². The molecule has 0 bridgehead atoms. The number of methoxy groups -OCH3 is 1. The van der Waals surface area contributed by atoms with Gasteiger partial charge >= 0.3 is 6.09 Å². The molecule has 1 aliphatic heterocycles. The molecule has 0 saturated carbocycles. The molecule has 7 heteroatoms. The summed E-state index contributed by atoms with van der Waals surface area (Å²) < 4.78 is 8.46. The number of hydrogen-bond donors (Lipinski definition) is 1. The molecule has 1 saturated heterocycles. The first kappa shape index (κ1) is 11.3. The maximum Gasteiger partial charge on any atom is 0.409 e. The van der Waals surface area contributed by atoms with Gasteiger partial charge in [-0.3, -0.25) is 0 Å². The van der Waals surface area contributed by atoms with Crippen LogP contribution >= 0.6 is 11.5 Å². The highest BCUT2D eigenvalue weighted by Crippen LogP contribution is 2.10. The summed E-state index contributed by atoms with van der Waals surface area (Å²) in [6, 6.07) is 0.320. The molecule has 0 aliphatic carbocycles. The summed E-state index contributed by atoms with van der Waals surface area (Å²) in [6.07, 6.45) is 0.701. The number of nitrogens with zero attached hydrogens (tertiary/aromatic N) is 3. The van der Waals surface area contributed by atoms with E-state index in [1.165, 1.54) is 18.6 Å². The lowest BCUT2D eigenvalue weighted by molar-refractivity contribution is 0.132. The van der Waals surface area contributed by atoms with Gasteiger partial charge in [0.15, 0.2) is 0 Å². The van der Waals surface area contributed by atoms with Crippen molar-refractivity contribution in [3.05, 3.63) is 11.1 Å². The van der Waals surface area contributed by atoms with Crippen LogP contribution in [0.4, 0.5) is 4.79 Å². The van der Waals surface area contributed by atoms with E-state index in [0.717, 1.165) is 18.7 Å². The van der Waals surface area contributed by atoms with E-state index in [1.807, 2.05) is 5.38 Å². The van der Waals surface area contributed by atoms with Gasteiger partial charge in [-0.2, -0.15) is 0 Å². The van der Waals surface area contributed by atoms with Crippen LogP contribution in [0.5, 0.6) is 0 Å². The van der Waals surface area contributed by atoms with Gasteiger partial charge in [0.05, 0.1) is 12.8 Å². The first-order valence-corrected chi connectivity index (χ1v) is 5.95. The first-order chi connectivity index (χ1) is 7.79. The van der Waals surface area contributed by atoms with E-state index in [9.17, 15) is 4.79 Å². The Morgan fingerprint density at radius 2 is 2.69 bits per heavy atom. The second kappa shape index (κ2) is 5.22. The SMILES string of the molecule is COC(=O)N1CCC(NCc2csnn2)C1. The molecular weight excluding hydrogens is 228 g/mol. The summed E-state index contributed by atoms with van der Waals surface area (Å²) in [5, 5.41) is 9.21. The summed E-state index contributed by atoms with van der Waals surface area (Å²) in [6.45, 7) is 2.15. The van der Waals surface area contributed by atoms with Crippen LogP contribution in [0.2, 0.25) is 0 Å². The maximum absolute atomic E-state index is 11.2. The Morgan fingerprint density at radius 3 is 3.38 bits per heavy atom. The number of carbonyl (C=O) groups is 1. The summed E-state index contributed by atoms with van der Waals surface area (Å²) in [4.78, 5) is 13.0. The van der Waals surface area contributed by atoms with Crippen molar-refractivity contribution in [2.24, 2.45) is 0 Å². The molecule has 6 nitrogen and oxygen atoms in total. The van der Waals surface area contributed by atoms with E-state index in [2.05, 4.69) is 19.6 Å². The van der Waals surface area contributed by atoms with Crippen molar-refractivity contribution in [3.63, 3.8) is 0 Å². The fourth-order valence-electron chi connectivity index (χ4n) is 1.73. The van der Waals surface area contributed by atoms with E-state index in [4.69, 9.17) is 0 Å². The molecule has 2 rings (SSSR count). The molecule has 1 unspecified atom stereocenters. The van der Waals surface area contributed by atoms with Crippen LogP contribution in [0.15, 0.2) is 5.38 Å². The average Bonchev–Trinajstić information content (AvgIpc) is 2.96. The number of ether oxygens (including phenoxy) is 1. The molecule has 0 aromatic carbocycles. The topological polar surface area (TPSA) is 67.3 Å². The smallest absolute Gasteiger partial charge is 0.409 e. The highest BCUT2D eigenvalue weighted by atomic mass is 32.1. The molecule has 16 heavy (non-hydrogen) atoms. The number of carbonyl (C=O) groups excluding carboxylic acids is 1. The van der Waals surface area contributed by atoms with Crippen molar-refractivity contribution in [2.75, 3.05) is 20.2 Å². The molecule has 0 radical (unpaired) electrons. The standard InChI is InChI=1S/C9H14N4O2S/c1-15-9(14)13-3-2-7(5-13)10-4-8-6-16-12-11-8/h6-7,10H,2-5H2,1H3. The predicted octanol–water partition coefficient (Wildman–Crippen LogP) is 0.468. The minimum Gasteiger partial charge on any atom is -0.453 e. The monoisotopic (exact) mass is 242 g/mol. The molecular formula is C9H14N4O2S. The third-order valence-electron chi connectivity index (χ3n) is 2.60. The Hall–Kier alpha value is -1.21. The third kappa shape index (κ3) is 2.67. The van der Waals surface area contributed by atoms with Crippen LogP contribution in [0.25, 0.3) is 0 Å². The van der Waals surface area contributed by atoms with Crippen molar-refractivity contribution in [3.8, 4) is 0 Å². The van der Waals surface area contributed by atoms with Crippen LogP contribution in [0, 0.1) is 0 Å². The molecule has 1 amide bonds. The zero-order valence-electron chi connectivity index (χ0n) is 9.05. The normalized spacial score (nSPS) is 20.1. The van der Waals surface area contributed by atoms with E-state index >= 15 is 0 Å². The van der Waals surface area contributed by atoms with Crippen LogP contribution in [-0.2, 0) is 11.3 Å². The Kier molecular flexibility index (Phi) is 3.68. The minimum atomic E-state index is -0.250. The number of nitrogens with one attached hydrogen (secondary N) is 1. The maximum atomic E-state index is 11.2. The lowest BCUT2D eigenvalue weighted by Crippen LogP contribution is -2.34. The van der Waals surface area contributed by atoms with Gasteiger partial charge in [0.1, 0.15) is 0 Å². The minimum absolute atomic E-state index is 0.250. The fourth-order valence-corrected chi connectivity index (χ4v) is 2.18. The number of hydrogen-bond acceptors (Lipinski definition) is 6. The molecule has 2 heterocycles. The lowest BCUT2D eigenvalue weighted by Gasteiger charge is -2.14. The van der Waals surface area contributed by atoms with Gasteiger partial charge in [-0.15, -0.1) is 5.10 Å². The molecule has 1 N–H and O–H groups in total. The summed E-state index contributed by atoms with van der Waals surface area (Å²) in [7, 11) is 1.41. The number of rotatable bonds is 3. The largest absolute Gasteiger partial charge is 0.453 e. The number of likely N-dealkylation sites (tertiary alicyclic amines) is 1. The summed E-state index contributed by atoms with van der Waals surface area (Å²) >= 11 is 1.35. The van der Waals surface area contributed by atoms with Gasteiger partial charge in [-0.05, 0) is 18.0 Å². The van der Waals surface area contributed by atoms with Gasteiger partial charge in [-0.25, -0.2) is 4.79 Å². The molecule has 1 aromatic heterocycles. The van der Waals surface area contributed by atoms with E-state index < -0.39 is 0 Å². The Labute approximate surface area is 97.8 Å². The van der Waals surface area contributed by atoms with Gasteiger partial charge in [0, 0.05) is 31.1 Å². The first-order valence-electron chi connectivity index (χ1n) is 5.12. The average molecular weight is 242 g/mol. The Balaban J connectivity index is 1.75. The van der Waals surface area contributed by atoms with E-state index in [0.29, 0.717) is 19.1 Å². The second-order valence-corrected chi connectivity index (χ2v) is 4.29. The lowest BCUT2D eigenvalue weighted by atomic mass is 10.2. The van der Waals surface area contributed by atoms with Crippen molar-refractivity contribution in [1.82, 2.24) is 19.8 Å². The predicted molar refractivity (Wildman–Crippen MR) is 59.1 cm³/mol. The second-order valence-electron chi connectivity index (χ2n) is 3.68. The van der Waals surface area contributed by atoms with Crippen molar-refractivity contribution < 1.29 is 9.53 Å². The molecule has 1 fully saturated rings. The zero-order valence-corrected chi connectivity index (χ0v) is 9.87. The number of aromatic nitrogens is 2. The Morgan fingerprint density at radius 1 is 1.81 bits per heavy atom. The molecule has 0 spiro atoms. The van der Waals surface area contributed by atoms with Gasteiger partial charge in [0.2, 0.25) is 0 Å². The molecule has 1 aromatic rings. The highest BCUT2D eigenvalue weighted by molar-refractivity contribution is 7.03. The summed E-state index contributed by atoms with van der Waals surface area (Å²) in [5.74, 6) is 0. The van der Waals surface area contributed by atoms with E-state index in [-0.39, 0.29) is 6.09 Å². The zero-order chi connectivity index (χ0) is 11.4. The highest BCUT2D eigenvalue weighted by Gasteiger charge is 2.26. The fraction of sp³-hybridized carbons (Fsp3) is 0.667. The quantitative estimate of drug-likeness (QED) is 0.834. The van der Waals surface area contributed by atoms with Crippen LogP contribution in [0.1, 0.15) is 12.1 Å². The van der Waals surface area contributed by atoms with Gasteiger partial charge < -0.3 is 15.0 Å². The van der Waals surface area contributed by atoms with Crippen LogP contribution in [0.3, 0.4) is 0 Å². The molecule has 1 aliphatic rings. The van der Waals surface area contributed by atoms with Gasteiger partial charge in [0.25, 0.3) is 0 Å². The van der Waals surface area contributed by atoms with Crippen molar-refractivity contribution >= 4 is 17.6 Å². The van der Waals surface area contributed by atoms with Gasteiger partial charge in [-0.1, -0.05) is 4.49 Å². The van der Waals surface area contributed by atoms with Crippen LogP contribution < -0.4 is 5.32 Å². The van der Waals surface area contributed by atoms with Crippen LogP contribution in [-0.4, -0.2) is 46.8 Å². The molecule has 88 valence electrons. The van der Waals surface area contributed by atoms with E-state index in [1.54, 1.807) is 4.90 Å². The summed E-state index contributed by atoms with van der Waals surface area (Å²) in [5.41, 5.74) is 0.946. The Bertz CT molecular complexity index is 343. The molecule has 1 atom stereocenters. The number of amides is 1.